The van der Waals surface area contributed by atoms with Crippen molar-refractivity contribution < 1.29 is 19.4 Å². The SMILES string of the molecule is COc1ccc(C=C2SC(=S)N(CCc3ccc(C(=O)O)cc3)C2=O)cc1-c1ccc2[nH]c3c(c2c1)CCC3. The average molecular weight is 555 g/mol. The normalized spacial score (nSPS) is 15.9. The quantitative estimate of drug-likeness (QED) is 0.201. The number of thioether (sulfide) groups is 1. The van der Waals surface area contributed by atoms with Gasteiger partial charge in [0.1, 0.15) is 10.1 Å². The summed E-state index contributed by atoms with van der Waals surface area (Å²) in [6, 6.07) is 19.1. The van der Waals surface area contributed by atoms with Crippen molar-refractivity contribution in [3.8, 4) is 16.9 Å². The van der Waals surface area contributed by atoms with E-state index in [4.69, 9.17) is 22.1 Å². The van der Waals surface area contributed by atoms with E-state index >= 15 is 0 Å². The van der Waals surface area contributed by atoms with E-state index in [9.17, 15) is 9.59 Å². The van der Waals surface area contributed by atoms with Gasteiger partial charge in [0.05, 0.1) is 17.6 Å². The fourth-order valence-corrected chi connectivity index (χ4v) is 6.66. The molecule has 1 amide bonds. The van der Waals surface area contributed by atoms with Crippen LogP contribution in [-0.4, -0.2) is 44.8 Å². The fourth-order valence-electron chi connectivity index (χ4n) is 5.35. The summed E-state index contributed by atoms with van der Waals surface area (Å²) in [6.07, 6.45) is 5.86. The molecule has 6 nitrogen and oxygen atoms in total. The summed E-state index contributed by atoms with van der Waals surface area (Å²) in [7, 11) is 1.67. The standard InChI is InChI=1S/C31H26N2O4S2/c1-37-27-12-7-19(15-23(27)21-10-11-26-24(17-21)22-3-2-4-25(22)32-26)16-28-29(34)33(31(38)39-28)14-13-18-5-8-20(9-6-18)30(35)36/h5-12,15-17,32H,2-4,13-14H2,1H3,(H,35,36). The zero-order valence-corrected chi connectivity index (χ0v) is 23.0. The summed E-state index contributed by atoms with van der Waals surface area (Å²) in [4.78, 5) is 30.1. The molecule has 1 fully saturated rings. The molecule has 196 valence electrons. The van der Waals surface area contributed by atoms with Gasteiger partial charge in [-0.15, -0.1) is 0 Å². The number of aromatic carboxylic acids is 1. The molecular formula is C31H26N2O4S2. The van der Waals surface area contributed by atoms with Gasteiger partial charge in [0, 0.05) is 28.7 Å². The Kier molecular flexibility index (Phi) is 6.74. The number of H-pyrrole nitrogens is 1. The van der Waals surface area contributed by atoms with Crippen molar-refractivity contribution in [3.05, 3.63) is 93.5 Å². The number of carboxylic acid groups (broad SMARTS) is 1. The molecule has 0 radical (unpaired) electrons. The Labute approximate surface area is 235 Å². The van der Waals surface area contributed by atoms with Crippen LogP contribution in [0.15, 0.2) is 65.6 Å². The number of rotatable bonds is 7. The predicted octanol–water partition coefficient (Wildman–Crippen LogP) is 6.47. The van der Waals surface area contributed by atoms with Gasteiger partial charge >= 0.3 is 5.97 Å². The van der Waals surface area contributed by atoms with Crippen molar-refractivity contribution in [2.75, 3.05) is 13.7 Å². The van der Waals surface area contributed by atoms with Crippen LogP contribution in [0.25, 0.3) is 28.1 Å². The first-order chi connectivity index (χ1) is 18.9. The maximum atomic E-state index is 13.2. The number of hydrogen-bond acceptors (Lipinski definition) is 5. The van der Waals surface area contributed by atoms with E-state index in [1.54, 1.807) is 36.3 Å². The van der Waals surface area contributed by atoms with E-state index in [0.717, 1.165) is 40.8 Å². The van der Waals surface area contributed by atoms with Crippen molar-refractivity contribution in [1.29, 1.82) is 0 Å². The van der Waals surface area contributed by atoms with Crippen LogP contribution in [0.5, 0.6) is 5.75 Å². The van der Waals surface area contributed by atoms with Crippen LogP contribution in [0.4, 0.5) is 0 Å². The molecule has 0 spiro atoms. The van der Waals surface area contributed by atoms with Gasteiger partial charge in [-0.05, 0) is 90.4 Å². The molecule has 0 bridgehead atoms. The van der Waals surface area contributed by atoms with Crippen LogP contribution in [-0.2, 0) is 24.1 Å². The summed E-state index contributed by atoms with van der Waals surface area (Å²) in [5.41, 5.74) is 8.07. The number of carbonyl (C=O) groups excluding carboxylic acids is 1. The minimum atomic E-state index is -0.959. The highest BCUT2D eigenvalue weighted by molar-refractivity contribution is 8.26. The Morgan fingerprint density at radius 3 is 2.72 bits per heavy atom. The number of nitrogens with one attached hydrogen (secondary N) is 1. The lowest BCUT2D eigenvalue weighted by Gasteiger charge is -2.14. The van der Waals surface area contributed by atoms with Crippen molar-refractivity contribution in [3.63, 3.8) is 0 Å². The summed E-state index contributed by atoms with van der Waals surface area (Å²) < 4.78 is 6.22. The largest absolute Gasteiger partial charge is 0.496 e. The van der Waals surface area contributed by atoms with Gasteiger partial charge in [-0.25, -0.2) is 4.79 Å². The smallest absolute Gasteiger partial charge is 0.335 e. The topological polar surface area (TPSA) is 82.6 Å². The molecule has 2 N–H and O–H groups in total. The number of hydrogen-bond donors (Lipinski definition) is 2. The summed E-state index contributed by atoms with van der Waals surface area (Å²) in [6.45, 7) is 0.434. The highest BCUT2D eigenvalue weighted by Crippen LogP contribution is 2.38. The molecule has 8 heteroatoms. The molecule has 2 heterocycles. The zero-order valence-electron chi connectivity index (χ0n) is 21.3. The molecule has 1 saturated heterocycles. The van der Waals surface area contributed by atoms with Crippen LogP contribution in [0, 0.1) is 0 Å². The third-order valence-corrected chi connectivity index (χ3v) is 8.76. The van der Waals surface area contributed by atoms with Crippen molar-refractivity contribution in [2.45, 2.75) is 25.7 Å². The lowest BCUT2D eigenvalue weighted by atomic mass is 9.99. The molecule has 39 heavy (non-hydrogen) atoms. The first kappa shape index (κ1) is 25.4. The minimum absolute atomic E-state index is 0.117. The molecule has 1 aliphatic carbocycles. The van der Waals surface area contributed by atoms with E-state index in [1.807, 2.05) is 18.2 Å². The first-order valence-electron chi connectivity index (χ1n) is 12.8. The van der Waals surface area contributed by atoms with Gasteiger partial charge < -0.3 is 14.8 Å². The number of amides is 1. The number of benzene rings is 3. The molecule has 4 aromatic rings. The average Bonchev–Trinajstić information content (AvgIpc) is 3.61. The van der Waals surface area contributed by atoms with E-state index < -0.39 is 5.97 Å². The van der Waals surface area contributed by atoms with Gasteiger partial charge in [-0.3, -0.25) is 9.69 Å². The van der Waals surface area contributed by atoms with E-state index in [2.05, 4.69) is 29.2 Å². The van der Waals surface area contributed by atoms with Crippen molar-refractivity contribution in [1.82, 2.24) is 9.88 Å². The van der Waals surface area contributed by atoms with Crippen LogP contribution < -0.4 is 4.74 Å². The lowest BCUT2D eigenvalue weighted by molar-refractivity contribution is -0.122. The molecule has 1 aliphatic heterocycles. The predicted molar refractivity (Wildman–Crippen MR) is 159 cm³/mol. The number of nitrogens with zero attached hydrogens (tertiary/aromatic N) is 1. The van der Waals surface area contributed by atoms with Crippen molar-refractivity contribution in [2.24, 2.45) is 0 Å². The molecule has 0 atom stereocenters. The number of aromatic nitrogens is 1. The van der Waals surface area contributed by atoms with Gasteiger partial charge in [-0.2, -0.15) is 0 Å². The second-order valence-corrected chi connectivity index (χ2v) is 11.4. The van der Waals surface area contributed by atoms with E-state index in [0.29, 0.717) is 22.2 Å². The van der Waals surface area contributed by atoms with E-state index in [-0.39, 0.29) is 11.5 Å². The maximum Gasteiger partial charge on any atom is 0.335 e. The van der Waals surface area contributed by atoms with Gasteiger partial charge in [0.15, 0.2) is 0 Å². The van der Waals surface area contributed by atoms with Gasteiger partial charge in [0.2, 0.25) is 0 Å². The number of methoxy groups -OCH3 is 1. The number of ether oxygens (including phenoxy) is 1. The highest BCUT2D eigenvalue weighted by atomic mass is 32.2. The monoisotopic (exact) mass is 554 g/mol. The molecule has 0 saturated carbocycles. The third kappa shape index (κ3) is 4.86. The summed E-state index contributed by atoms with van der Waals surface area (Å²) >= 11 is 6.83. The zero-order chi connectivity index (χ0) is 27.1. The summed E-state index contributed by atoms with van der Waals surface area (Å²) in [5, 5.41) is 10.4. The van der Waals surface area contributed by atoms with Crippen LogP contribution in [0.2, 0.25) is 0 Å². The molecule has 6 rings (SSSR count). The number of carboxylic acids is 1. The van der Waals surface area contributed by atoms with Crippen LogP contribution in [0.1, 0.15) is 39.2 Å². The second kappa shape index (κ2) is 10.4. The van der Waals surface area contributed by atoms with Gasteiger partial charge in [0.25, 0.3) is 5.91 Å². The Balaban J connectivity index is 1.24. The molecule has 2 aliphatic rings. The number of thiocarbonyl (C=S) groups is 1. The minimum Gasteiger partial charge on any atom is -0.496 e. The number of aryl methyl sites for hydroxylation is 2. The highest BCUT2D eigenvalue weighted by Gasteiger charge is 2.31. The maximum absolute atomic E-state index is 13.2. The Hall–Kier alpha value is -3.88. The second-order valence-electron chi connectivity index (χ2n) is 9.74. The molecule has 0 unspecified atom stereocenters. The number of carbonyl (C=O) groups is 2. The Morgan fingerprint density at radius 1 is 1.13 bits per heavy atom. The number of fused-ring (bicyclic) bond motifs is 3. The van der Waals surface area contributed by atoms with Crippen LogP contribution in [0.3, 0.4) is 0 Å². The molecule has 1 aromatic heterocycles. The Bertz CT molecular complexity index is 1670. The number of aromatic amines is 1. The summed E-state index contributed by atoms with van der Waals surface area (Å²) in [5.74, 6) is -0.298. The molecule has 3 aromatic carbocycles. The lowest BCUT2D eigenvalue weighted by Crippen LogP contribution is -2.30. The fraction of sp³-hybridized carbons (Fsp3) is 0.194. The van der Waals surface area contributed by atoms with Gasteiger partial charge in [-0.1, -0.05) is 48.2 Å². The van der Waals surface area contributed by atoms with E-state index in [1.165, 1.54) is 40.3 Å². The molecular weight excluding hydrogens is 528 g/mol. The Morgan fingerprint density at radius 2 is 1.95 bits per heavy atom. The first-order valence-corrected chi connectivity index (χ1v) is 14.0. The third-order valence-electron chi connectivity index (χ3n) is 7.38. The van der Waals surface area contributed by atoms with Crippen molar-refractivity contribution >= 4 is 57.2 Å². The van der Waals surface area contributed by atoms with Crippen LogP contribution >= 0.6 is 24.0 Å².